The third-order valence-corrected chi connectivity index (χ3v) is 6.34. The molecule has 1 aliphatic carbocycles. The molecule has 0 bridgehead atoms. The number of amides is 1. The van der Waals surface area contributed by atoms with E-state index in [9.17, 15) is 4.79 Å². The first-order valence-corrected chi connectivity index (χ1v) is 11.2. The fraction of sp³-hybridized carbons (Fsp3) is 0.957. The average Bonchev–Trinajstić information content (AvgIpc) is 2.55. The molecule has 1 saturated carbocycles. The van der Waals surface area contributed by atoms with E-state index in [0.29, 0.717) is 11.8 Å². The average molecular weight is 352 g/mol. The molecule has 0 aliphatic heterocycles. The summed E-state index contributed by atoms with van der Waals surface area (Å²) in [6, 6.07) is 0.264. The second kappa shape index (κ2) is 12.0. The summed E-state index contributed by atoms with van der Waals surface area (Å²) in [7, 11) is 0. The normalized spacial score (nSPS) is 24.0. The van der Waals surface area contributed by atoms with Crippen LogP contribution in [-0.2, 0) is 4.79 Å². The second-order valence-corrected chi connectivity index (χ2v) is 9.35. The zero-order valence-corrected chi connectivity index (χ0v) is 17.8. The molecule has 0 aromatic rings. The van der Waals surface area contributed by atoms with Crippen molar-refractivity contribution in [2.45, 2.75) is 124 Å². The van der Waals surface area contributed by atoms with Gasteiger partial charge in [0.1, 0.15) is 0 Å². The molecule has 1 fully saturated rings. The molecule has 0 atom stereocenters. The van der Waals surface area contributed by atoms with Crippen molar-refractivity contribution in [1.82, 2.24) is 5.32 Å². The third-order valence-electron chi connectivity index (χ3n) is 6.34. The molecule has 148 valence electrons. The first kappa shape index (κ1) is 22.5. The summed E-state index contributed by atoms with van der Waals surface area (Å²) in [4.78, 5) is 11.9. The monoisotopic (exact) mass is 351 g/mol. The summed E-state index contributed by atoms with van der Waals surface area (Å²) < 4.78 is 0. The zero-order chi connectivity index (χ0) is 18.7. The molecule has 0 aromatic carbocycles. The standard InChI is InChI=1S/C23H45NO/c1-6-9-20(10-7-2)11-8-12-21-13-16-23(5,17-14-21)18-15-22(25)24-19(3)4/h19-21H,6-18H2,1-5H3,(H,24,25). The minimum absolute atomic E-state index is 0.233. The number of hydrogen-bond acceptors (Lipinski definition) is 1. The third kappa shape index (κ3) is 9.66. The van der Waals surface area contributed by atoms with E-state index in [2.05, 4.69) is 26.1 Å². The SMILES string of the molecule is CCCC(CCC)CCCC1CCC(C)(CCC(=O)NC(C)C)CC1. The van der Waals surface area contributed by atoms with Gasteiger partial charge in [0, 0.05) is 12.5 Å². The predicted molar refractivity (Wildman–Crippen MR) is 110 cm³/mol. The highest BCUT2D eigenvalue weighted by Gasteiger charge is 2.31. The Morgan fingerprint density at radius 2 is 1.68 bits per heavy atom. The Morgan fingerprint density at radius 3 is 2.20 bits per heavy atom. The van der Waals surface area contributed by atoms with Crippen molar-refractivity contribution in [3.8, 4) is 0 Å². The van der Waals surface area contributed by atoms with E-state index < -0.39 is 0 Å². The van der Waals surface area contributed by atoms with Crippen LogP contribution in [0.2, 0.25) is 0 Å². The van der Waals surface area contributed by atoms with Gasteiger partial charge in [-0.3, -0.25) is 4.79 Å². The first-order valence-electron chi connectivity index (χ1n) is 11.2. The molecule has 0 spiro atoms. The van der Waals surface area contributed by atoms with Crippen molar-refractivity contribution in [3.05, 3.63) is 0 Å². The van der Waals surface area contributed by atoms with Gasteiger partial charge >= 0.3 is 0 Å². The van der Waals surface area contributed by atoms with Crippen LogP contribution in [0, 0.1) is 17.3 Å². The van der Waals surface area contributed by atoms with Crippen LogP contribution in [-0.4, -0.2) is 11.9 Å². The summed E-state index contributed by atoms with van der Waals surface area (Å²) in [6.45, 7) is 11.1. The van der Waals surface area contributed by atoms with Crippen molar-refractivity contribution < 1.29 is 4.79 Å². The maximum Gasteiger partial charge on any atom is 0.220 e. The van der Waals surface area contributed by atoms with Crippen LogP contribution >= 0.6 is 0 Å². The van der Waals surface area contributed by atoms with Crippen molar-refractivity contribution >= 4 is 5.91 Å². The molecule has 0 radical (unpaired) electrons. The van der Waals surface area contributed by atoms with Crippen LogP contribution in [0.15, 0.2) is 0 Å². The fourth-order valence-electron chi connectivity index (χ4n) is 4.67. The highest BCUT2D eigenvalue weighted by Crippen LogP contribution is 2.43. The van der Waals surface area contributed by atoms with E-state index in [0.717, 1.165) is 18.3 Å². The molecule has 1 amide bonds. The Bertz CT molecular complexity index is 349. The Balaban J connectivity index is 2.22. The number of carbonyl (C=O) groups excluding carboxylic acids is 1. The van der Waals surface area contributed by atoms with Crippen LogP contribution in [0.4, 0.5) is 0 Å². The lowest BCUT2D eigenvalue weighted by atomic mass is 9.68. The highest BCUT2D eigenvalue weighted by atomic mass is 16.1. The van der Waals surface area contributed by atoms with Gasteiger partial charge in [-0.1, -0.05) is 65.7 Å². The van der Waals surface area contributed by atoms with Gasteiger partial charge in [0.25, 0.3) is 0 Å². The van der Waals surface area contributed by atoms with E-state index >= 15 is 0 Å². The van der Waals surface area contributed by atoms with Gasteiger partial charge < -0.3 is 5.32 Å². The van der Waals surface area contributed by atoms with Crippen LogP contribution < -0.4 is 5.32 Å². The van der Waals surface area contributed by atoms with Gasteiger partial charge in [0.05, 0.1) is 0 Å². The molecule has 0 saturated heterocycles. The summed E-state index contributed by atoms with van der Waals surface area (Å²) in [6.07, 6.45) is 17.0. The first-order chi connectivity index (χ1) is 11.9. The summed E-state index contributed by atoms with van der Waals surface area (Å²) in [5, 5.41) is 3.03. The largest absolute Gasteiger partial charge is 0.354 e. The van der Waals surface area contributed by atoms with E-state index in [1.165, 1.54) is 70.6 Å². The molecule has 0 unspecified atom stereocenters. The lowest BCUT2D eigenvalue weighted by molar-refractivity contribution is -0.122. The van der Waals surface area contributed by atoms with Crippen LogP contribution in [0.3, 0.4) is 0 Å². The van der Waals surface area contributed by atoms with Gasteiger partial charge in [-0.2, -0.15) is 0 Å². The summed E-state index contributed by atoms with van der Waals surface area (Å²) in [5.74, 6) is 2.15. The maximum atomic E-state index is 11.9. The molecular formula is C23H45NO. The van der Waals surface area contributed by atoms with E-state index in [-0.39, 0.29) is 11.9 Å². The Hall–Kier alpha value is -0.530. The highest BCUT2D eigenvalue weighted by molar-refractivity contribution is 5.76. The van der Waals surface area contributed by atoms with Crippen molar-refractivity contribution in [1.29, 1.82) is 0 Å². The molecule has 2 heteroatoms. The summed E-state index contributed by atoms with van der Waals surface area (Å²) >= 11 is 0. The molecule has 25 heavy (non-hydrogen) atoms. The molecule has 0 aromatic heterocycles. The van der Waals surface area contributed by atoms with Crippen LogP contribution in [0.25, 0.3) is 0 Å². The van der Waals surface area contributed by atoms with Crippen molar-refractivity contribution in [3.63, 3.8) is 0 Å². The quantitative estimate of drug-likeness (QED) is 0.408. The fourth-order valence-corrected chi connectivity index (χ4v) is 4.67. The lowest BCUT2D eigenvalue weighted by Crippen LogP contribution is -2.32. The van der Waals surface area contributed by atoms with Gasteiger partial charge in [-0.25, -0.2) is 0 Å². The van der Waals surface area contributed by atoms with Gasteiger partial charge in [0.15, 0.2) is 0 Å². The van der Waals surface area contributed by atoms with Crippen molar-refractivity contribution in [2.24, 2.45) is 17.3 Å². The number of nitrogens with one attached hydrogen (secondary N) is 1. The minimum atomic E-state index is 0.233. The van der Waals surface area contributed by atoms with Gasteiger partial charge in [0.2, 0.25) is 5.91 Å². The van der Waals surface area contributed by atoms with Gasteiger partial charge in [-0.05, 0) is 63.2 Å². The van der Waals surface area contributed by atoms with E-state index in [1.54, 1.807) is 0 Å². The number of carbonyl (C=O) groups is 1. The Labute approximate surface area is 157 Å². The predicted octanol–water partition coefficient (Wildman–Crippen LogP) is 6.87. The Morgan fingerprint density at radius 1 is 1.08 bits per heavy atom. The van der Waals surface area contributed by atoms with E-state index in [1.807, 2.05) is 13.8 Å². The molecule has 1 rings (SSSR count). The van der Waals surface area contributed by atoms with E-state index in [4.69, 9.17) is 0 Å². The zero-order valence-electron chi connectivity index (χ0n) is 17.8. The topological polar surface area (TPSA) is 29.1 Å². The molecule has 1 aliphatic rings. The molecular weight excluding hydrogens is 306 g/mol. The van der Waals surface area contributed by atoms with Gasteiger partial charge in [-0.15, -0.1) is 0 Å². The smallest absolute Gasteiger partial charge is 0.220 e. The minimum Gasteiger partial charge on any atom is -0.354 e. The number of hydrogen-bond donors (Lipinski definition) is 1. The van der Waals surface area contributed by atoms with Crippen molar-refractivity contribution in [2.75, 3.05) is 0 Å². The van der Waals surface area contributed by atoms with Crippen LogP contribution in [0.1, 0.15) is 118 Å². The molecule has 2 nitrogen and oxygen atoms in total. The summed E-state index contributed by atoms with van der Waals surface area (Å²) in [5.41, 5.74) is 0.401. The lowest BCUT2D eigenvalue weighted by Gasteiger charge is -2.37. The maximum absolute atomic E-state index is 11.9. The Kier molecular flexibility index (Phi) is 10.8. The van der Waals surface area contributed by atoms with Crippen LogP contribution in [0.5, 0.6) is 0 Å². The number of rotatable bonds is 12. The molecule has 0 heterocycles. The molecule has 1 N–H and O–H groups in total. The second-order valence-electron chi connectivity index (χ2n) is 9.35.